The summed E-state index contributed by atoms with van der Waals surface area (Å²) < 4.78 is 11.8. The summed E-state index contributed by atoms with van der Waals surface area (Å²) in [5, 5.41) is 0. The van der Waals surface area contributed by atoms with Crippen molar-refractivity contribution in [1.82, 2.24) is 0 Å². The summed E-state index contributed by atoms with van der Waals surface area (Å²) in [6.07, 6.45) is 6.87. The highest BCUT2D eigenvalue weighted by atomic mass is 32.2. The van der Waals surface area contributed by atoms with Gasteiger partial charge in [-0.2, -0.15) is 0 Å². The number of hydrogen-bond donors (Lipinski definition) is 0. The standard InChI is InChI=1S/C11H10OS/c12-13(11-8-4-5-9-11)10-6-2-1-3-7-10/h1-4,6-9H,5H2. The molecule has 1 aromatic carbocycles. The minimum Gasteiger partial charge on any atom is -0.249 e. The van der Waals surface area contributed by atoms with Crippen LogP contribution in [0.2, 0.25) is 0 Å². The van der Waals surface area contributed by atoms with Gasteiger partial charge in [-0.05, 0) is 24.6 Å². The van der Waals surface area contributed by atoms with Crippen molar-refractivity contribution in [1.29, 1.82) is 0 Å². The molecular weight excluding hydrogens is 180 g/mol. The molecule has 13 heavy (non-hydrogen) atoms. The molecule has 0 spiro atoms. The first-order valence-corrected chi connectivity index (χ1v) is 5.36. The van der Waals surface area contributed by atoms with Crippen LogP contribution in [0.25, 0.3) is 0 Å². The van der Waals surface area contributed by atoms with Crippen LogP contribution in [0.4, 0.5) is 0 Å². The van der Waals surface area contributed by atoms with E-state index >= 15 is 0 Å². The summed E-state index contributed by atoms with van der Waals surface area (Å²) in [6.45, 7) is 0. The molecule has 1 nitrogen and oxygen atoms in total. The predicted octanol–water partition coefficient (Wildman–Crippen LogP) is 2.64. The molecule has 1 aliphatic rings. The highest BCUT2D eigenvalue weighted by Gasteiger charge is 2.08. The van der Waals surface area contributed by atoms with Crippen LogP contribution in [-0.2, 0) is 10.8 Å². The predicted molar refractivity (Wildman–Crippen MR) is 54.7 cm³/mol. The number of allylic oxidation sites excluding steroid dienone is 3. The Morgan fingerprint density at radius 3 is 2.54 bits per heavy atom. The zero-order valence-electron chi connectivity index (χ0n) is 7.14. The molecule has 0 saturated carbocycles. The monoisotopic (exact) mass is 190 g/mol. The lowest BCUT2D eigenvalue weighted by molar-refractivity contribution is 0.687. The van der Waals surface area contributed by atoms with Crippen molar-refractivity contribution in [2.45, 2.75) is 11.3 Å². The second kappa shape index (κ2) is 3.71. The van der Waals surface area contributed by atoms with Gasteiger partial charge in [-0.15, -0.1) is 0 Å². The Labute approximate surface area is 80.2 Å². The van der Waals surface area contributed by atoms with Crippen LogP contribution in [0.1, 0.15) is 6.42 Å². The van der Waals surface area contributed by atoms with Gasteiger partial charge in [0.2, 0.25) is 0 Å². The van der Waals surface area contributed by atoms with Gasteiger partial charge in [0.05, 0.1) is 10.8 Å². The molecule has 1 unspecified atom stereocenters. The molecule has 0 radical (unpaired) electrons. The first-order chi connectivity index (χ1) is 6.38. The van der Waals surface area contributed by atoms with Crippen molar-refractivity contribution in [3.05, 3.63) is 53.5 Å². The van der Waals surface area contributed by atoms with E-state index in [-0.39, 0.29) is 0 Å². The van der Waals surface area contributed by atoms with Crippen LogP contribution >= 0.6 is 0 Å². The van der Waals surface area contributed by atoms with E-state index in [2.05, 4.69) is 0 Å². The molecule has 0 N–H and O–H groups in total. The van der Waals surface area contributed by atoms with E-state index in [4.69, 9.17) is 0 Å². The van der Waals surface area contributed by atoms with Crippen molar-refractivity contribution in [2.75, 3.05) is 0 Å². The van der Waals surface area contributed by atoms with E-state index in [0.717, 1.165) is 16.2 Å². The topological polar surface area (TPSA) is 17.1 Å². The SMILES string of the molecule is O=S(C1=CCC=C1)c1ccccc1. The van der Waals surface area contributed by atoms with Gasteiger partial charge in [0, 0.05) is 9.80 Å². The number of benzene rings is 1. The van der Waals surface area contributed by atoms with Crippen LogP contribution in [0.3, 0.4) is 0 Å². The lowest BCUT2D eigenvalue weighted by Gasteiger charge is -1.99. The molecule has 0 bridgehead atoms. The van der Waals surface area contributed by atoms with Crippen molar-refractivity contribution >= 4 is 10.8 Å². The van der Waals surface area contributed by atoms with Gasteiger partial charge in [0.1, 0.15) is 0 Å². The van der Waals surface area contributed by atoms with Gasteiger partial charge in [-0.1, -0.05) is 30.4 Å². The maximum Gasteiger partial charge on any atom is 0.0846 e. The van der Waals surface area contributed by atoms with Crippen molar-refractivity contribution in [2.24, 2.45) is 0 Å². The highest BCUT2D eigenvalue weighted by Crippen LogP contribution is 2.19. The second-order valence-electron chi connectivity index (χ2n) is 2.83. The molecule has 2 heteroatoms. The molecule has 0 fully saturated rings. The fourth-order valence-electron chi connectivity index (χ4n) is 1.25. The van der Waals surface area contributed by atoms with Crippen LogP contribution < -0.4 is 0 Å². The Bertz CT molecular complexity index is 376. The van der Waals surface area contributed by atoms with E-state index in [1.165, 1.54) is 0 Å². The molecule has 0 aromatic heterocycles. The van der Waals surface area contributed by atoms with Gasteiger partial charge in [0.25, 0.3) is 0 Å². The first-order valence-electron chi connectivity index (χ1n) is 4.21. The quantitative estimate of drug-likeness (QED) is 0.700. The zero-order chi connectivity index (χ0) is 9.10. The fraction of sp³-hybridized carbons (Fsp3) is 0.0909. The van der Waals surface area contributed by atoms with Crippen LogP contribution in [0.5, 0.6) is 0 Å². The van der Waals surface area contributed by atoms with Gasteiger partial charge in [-0.3, -0.25) is 0 Å². The smallest absolute Gasteiger partial charge is 0.0846 e. The Morgan fingerprint density at radius 2 is 1.92 bits per heavy atom. The maximum atomic E-state index is 11.8. The van der Waals surface area contributed by atoms with Crippen molar-refractivity contribution in [3.8, 4) is 0 Å². The summed E-state index contributed by atoms with van der Waals surface area (Å²) in [5.74, 6) is 0. The van der Waals surface area contributed by atoms with E-state index in [0.29, 0.717) is 0 Å². The van der Waals surface area contributed by atoms with E-state index < -0.39 is 10.8 Å². The average molecular weight is 190 g/mol. The molecule has 0 saturated heterocycles. The van der Waals surface area contributed by atoms with E-state index in [1.807, 2.05) is 48.6 Å². The Hall–Kier alpha value is -1.15. The van der Waals surface area contributed by atoms with Crippen LogP contribution in [-0.4, -0.2) is 4.21 Å². The lowest BCUT2D eigenvalue weighted by Crippen LogP contribution is -1.91. The fourth-order valence-corrected chi connectivity index (χ4v) is 2.40. The Morgan fingerprint density at radius 1 is 1.15 bits per heavy atom. The third-order valence-electron chi connectivity index (χ3n) is 1.91. The molecule has 0 amide bonds. The molecule has 2 rings (SSSR count). The molecule has 0 heterocycles. The van der Waals surface area contributed by atoms with Crippen molar-refractivity contribution < 1.29 is 4.21 Å². The Balaban J connectivity index is 2.28. The first kappa shape index (κ1) is 8.45. The lowest BCUT2D eigenvalue weighted by atomic mass is 10.4. The third kappa shape index (κ3) is 1.78. The minimum atomic E-state index is -0.984. The molecule has 1 aromatic rings. The van der Waals surface area contributed by atoms with Gasteiger partial charge in [-0.25, -0.2) is 4.21 Å². The summed E-state index contributed by atoms with van der Waals surface area (Å²) >= 11 is 0. The summed E-state index contributed by atoms with van der Waals surface area (Å²) in [7, 11) is -0.984. The third-order valence-corrected chi connectivity index (χ3v) is 3.34. The normalized spacial score (nSPS) is 17.1. The highest BCUT2D eigenvalue weighted by molar-refractivity contribution is 7.89. The van der Waals surface area contributed by atoms with Gasteiger partial charge in [0.15, 0.2) is 0 Å². The van der Waals surface area contributed by atoms with Crippen LogP contribution in [0, 0.1) is 0 Å². The second-order valence-corrected chi connectivity index (χ2v) is 4.31. The Kier molecular flexibility index (Phi) is 2.41. The van der Waals surface area contributed by atoms with Gasteiger partial charge < -0.3 is 0 Å². The zero-order valence-corrected chi connectivity index (χ0v) is 7.96. The largest absolute Gasteiger partial charge is 0.249 e. The van der Waals surface area contributed by atoms with Crippen LogP contribution in [0.15, 0.2) is 58.4 Å². The maximum absolute atomic E-state index is 11.8. The summed E-state index contributed by atoms with van der Waals surface area (Å²) in [5.41, 5.74) is 0. The summed E-state index contributed by atoms with van der Waals surface area (Å²) in [4.78, 5) is 1.80. The van der Waals surface area contributed by atoms with E-state index in [9.17, 15) is 4.21 Å². The van der Waals surface area contributed by atoms with Gasteiger partial charge >= 0.3 is 0 Å². The molecule has 1 aliphatic carbocycles. The molecule has 1 atom stereocenters. The van der Waals surface area contributed by atoms with Crippen molar-refractivity contribution in [3.63, 3.8) is 0 Å². The molecule has 66 valence electrons. The number of hydrogen-bond acceptors (Lipinski definition) is 1. The summed E-state index contributed by atoms with van der Waals surface area (Å²) in [6, 6.07) is 9.53. The number of rotatable bonds is 2. The molecule has 0 aliphatic heterocycles. The average Bonchev–Trinajstić information content (AvgIpc) is 2.71. The minimum absolute atomic E-state index is 0.875. The molecular formula is C11H10OS. The van der Waals surface area contributed by atoms with E-state index in [1.54, 1.807) is 0 Å².